The van der Waals surface area contributed by atoms with E-state index in [0.29, 0.717) is 6.04 Å². The van der Waals surface area contributed by atoms with Crippen molar-refractivity contribution >= 4 is 27.6 Å². The largest absolute Gasteiger partial charge is 0.497 e. The van der Waals surface area contributed by atoms with Crippen LogP contribution in [-0.4, -0.2) is 16.7 Å². The van der Waals surface area contributed by atoms with Gasteiger partial charge in [-0.2, -0.15) is 0 Å². The number of rotatable bonds is 3. The SMILES string of the molecule is CCC(n1c2ccc(OC)cc2c2c(N)c3c(nc21)CCCC3)C(C)(C)C. The molecule has 2 N–H and O–H groups in total. The first-order valence-corrected chi connectivity index (χ1v) is 10.2. The zero-order chi connectivity index (χ0) is 19.3. The Morgan fingerprint density at radius 1 is 1.22 bits per heavy atom. The molecule has 0 saturated carbocycles. The van der Waals surface area contributed by atoms with Crippen LogP contribution in [0.3, 0.4) is 0 Å². The third-order valence-electron chi connectivity index (χ3n) is 6.16. The molecule has 0 fully saturated rings. The van der Waals surface area contributed by atoms with Gasteiger partial charge in [0.25, 0.3) is 0 Å². The Kier molecular flexibility index (Phi) is 4.32. The van der Waals surface area contributed by atoms with Crippen LogP contribution in [0.4, 0.5) is 5.69 Å². The van der Waals surface area contributed by atoms with Crippen molar-refractivity contribution in [2.24, 2.45) is 5.41 Å². The number of hydrogen-bond donors (Lipinski definition) is 1. The van der Waals surface area contributed by atoms with Crippen molar-refractivity contribution < 1.29 is 4.74 Å². The molecule has 1 unspecified atom stereocenters. The minimum Gasteiger partial charge on any atom is -0.497 e. The molecule has 0 bridgehead atoms. The first-order chi connectivity index (χ1) is 12.9. The standard InChI is InChI=1S/C23H31N3O/c1-6-19(23(2,3)4)26-18-12-11-14(27-5)13-16(18)20-21(24)15-9-7-8-10-17(15)25-22(20)26/h11-13,19H,6-10H2,1-5H3,(H2,24,25). The Hall–Kier alpha value is -2.23. The molecule has 4 rings (SSSR count). The van der Waals surface area contributed by atoms with Crippen LogP contribution in [-0.2, 0) is 12.8 Å². The first kappa shape index (κ1) is 18.1. The molecule has 0 aliphatic heterocycles. The highest BCUT2D eigenvalue weighted by atomic mass is 16.5. The van der Waals surface area contributed by atoms with E-state index in [1.807, 2.05) is 6.07 Å². The van der Waals surface area contributed by atoms with E-state index < -0.39 is 0 Å². The normalized spacial score (nSPS) is 15.9. The van der Waals surface area contributed by atoms with E-state index >= 15 is 0 Å². The van der Waals surface area contributed by atoms with Crippen molar-refractivity contribution in [2.75, 3.05) is 12.8 Å². The van der Waals surface area contributed by atoms with Gasteiger partial charge in [-0.05, 0) is 61.3 Å². The average Bonchev–Trinajstić information content (AvgIpc) is 2.95. The molecule has 0 amide bonds. The quantitative estimate of drug-likeness (QED) is 0.652. The van der Waals surface area contributed by atoms with Crippen molar-refractivity contribution in [3.63, 3.8) is 0 Å². The number of anilines is 1. The second-order valence-corrected chi connectivity index (χ2v) is 8.90. The number of nitrogen functional groups attached to an aromatic ring is 1. The summed E-state index contributed by atoms with van der Waals surface area (Å²) in [5, 5.41) is 2.26. The predicted octanol–water partition coefficient (Wildman–Crippen LogP) is 5.66. The van der Waals surface area contributed by atoms with E-state index in [-0.39, 0.29) is 5.41 Å². The highest BCUT2D eigenvalue weighted by Crippen LogP contribution is 2.44. The van der Waals surface area contributed by atoms with E-state index in [0.717, 1.165) is 47.1 Å². The zero-order valence-corrected chi connectivity index (χ0v) is 17.2. The molecule has 0 saturated heterocycles. The van der Waals surface area contributed by atoms with E-state index in [1.54, 1.807) is 7.11 Å². The maximum absolute atomic E-state index is 6.77. The molecule has 2 heterocycles. The number of ether oxygens (including phenoxy) is 1. The zero-order valence-electron chi connectivity index (χ0n) is 17.2. The van der Waals surface area contributed by atoms with E-state index in [4.69, 9.17) is 15.5 Å². The van der Waals surface area contributed by atoms with Gasteiger partial charge in [-0.1, -0.05) is 27.7 Å². The highest BCUT2D eigenvalue weighted by Gasteiger charge is 2.30. The second kappa shape index (κ2) is 6.43. The molecule has 4 heteroatoms. The van der Waals surface area contributed by atoms with Crippen LogP contribution in [0.2, 0.25) is 0 Å². The Balaban J connectivity index is 2.16. The summed E-state index contributed by atoms with van der Waals surface area (Å²) >= 11 is 0. The fourth-order valence-electron chi connectivity index (χ4n) is 4.86. The molecule has 3 aromatic rings. The fraction of sp³-hybridized carbons (Fsp3) is 0.522. The summed E-state index contributed by atoms with van der Waals surface area (Å²) in [7, 11) is 1.72. The lowest BCUT2D eigenvalue weighted by molar-refractivity contribution is 0.245. The summed E-state index contributed by atoms with van der Waals surface area (Å²) < 4.78 is 7.96. The van der Waals surface area contributed by atoms with Gasteiger partial charge in [-0.15, -0.1) is 0 Å². The number of fused-ring (bicyclic) bond motifs is 4. The molecule has 144 valence electrons. The number of methoxy groups -OCH3 is 1. The van der Waals surface area contributed by atoms with E-state index in [2.05, 4.69) is 44.4 Å². The molecule has 1 aliphatic rings. The minimum absolute atomic E-state index is 0.125. The Morgan fingerprint density at radius 3 is 2.63 bits per heavy atom. The molecule has 0 spiro atoms. The summed E-state index contributed by atoms with van der Waals surface area (Å²) in [5.74, 6) is 0.863. The number of nitrogens with zero attached hydrogens (tertiary/aromatic N) is 2. The van der Waals surface area contributed by atoms with Crippen molar-refractivity contribution in [3.8, 4) is 5.75 Å². The van der Waals surface area contributed by atoms with Crippen LogP contribution < -0.4 is 10.5 Å². The van der Waals surface area contributed by atoms with Crippen LogP contribution in [0.25, 0.3) is 21.9 Å². The molecule has 1 aromatic carbocycles. The van der Waals surface area contributed by atoms with Crippen molar-refractivity contribution in [3.05, 3.63) is 29.5 Å². The summed E-state index contributed by atoms with van der Waals surface area (Å²) in [6.45, 7) is 9.19. The number of aromatic nitrogens is 2. The van der Waals surface area contributed by atoms with Crippen LogP contribution in [0, 0.1) is 5.41 Å². The van der Waals surface area contributed by atoms with Gasteiger partial charge >= 0.3 is 0 Å². The number of hydrogen-bond acceptors (Lipinski definition) is 3. The Bertz CT molecular complexity index is 1010. The van der Waals surface area contributed by atoms with Gasteiger partial charge in [0.05, 0.1) is 18.0 Å². The van der Waals surface area contributed by atoms with Crippen molar-refractivity contribution in [1.29, 1.82) is 0 Å². The Labute approximate surface area is 161 Å². The molecular weight excluding hydrogens is 334 g/mol. The molecule has 0 radical (unpaired) electrons. The van der Waals surface area contributed by atoms with Gasteiger partial charge in [-0.25, -0.2) is 4.98 Å². The van der Waals surface area contributed by atoms with Crippen LogP contribution >= 0.6 is 0 Å². The lowest BCUT2D eigenvalue weighted by atomic mass is 9.85. The van der Waals surface area contributed by atoms with E-state index in [1.165, 1.54) is 29.6 Å². The highest BCUT2D eigenvalue weighted by molar-refractivity contribution is 6.13. The smallest absolute Gasteiger partial charge is 0.143 e. The average molecular weight is 366 g/mol. The molecule has 1 atom stereocenters. The van der Waals surface area contributed by atoms with Gasteiger partial charge in [0.1, 0.15) is 11.4 Å². The molecule has 2 aromatic heterocycles. The van der Waals surface area contributed by atoms with Gasteiger partial charge < -0.3 is 15.0 Å². The number of nitrogens with two attached hydrogens (primary N) is 1. The lowest BCUT2D eigenvalue weighted by Gasteiger charge is -2.32. The summed E-state index contributed by atoms with van der Waals surface area (Å²) in [6.07, 6.45) is 5.53. The number of pyridine rings is 1. The fourth-order valence-corrected chi connectivity index (χ4v) is 4.86. The molecule has 1 aliphatic carbocycles. The van der Waals surface area contributed by atoms with Gasteiger partial charge in [0.2, 0.25) is 0 Å². The van der Waals surface area contributed by atoms with E-state index in [9.17, 15) is 0 Å². The lowest BCUT2D eigenvalue weighted by Crippen LogP contribution is -2.24. The summed E-state index contributed by atoms with van der Waals surface area (Å²) in [6, 6.07) is 6.68. The van der Waals surface area contributed by atoms with Gasteiger partial charge in [0.15, 0.2) is 0 Å². The third-order valence-corrected chi connectivity index (χ3v) is 6.16. The Morgan fingerprint density at radius 2 is 1.96 bits per heavy atom. The number of aryl methyl sites for hydroxylation is 1. The molecular formula is C23H31N3O. The third kappa shape index (κ3) is 2.77. The summed E-state index contributed by atoms with van der Waals surface area (Å²) in [5.41, 5.74) is 12.5. The summed E-state index contributed by atoms with van der Waals surface area (Å²) in [4.78, 5) is 5.19. The molecule has 27 heavy (non-hydrogen) atoms. The van der Waals surface area contributed by atoms with Crippen LogP contribution in [0.15, 0.2) is 18.2 Å². The molecule has 4 nitrogen and oxygen atoms in total. The van der Waals surface area contributed by atoms with Crippen molar-refractivity contribution in [1.82, 2.24) is 9.55 Å². The number of benzene rings is 1. The monoisotopic (exact) mass is 365 g/mol. The first-order valence-electron chi connectivity index (χ1n) is 10.2. The van der Waals surface area contributed by atoms with Crippen molar-refractivity contribution in [2.45, 2.75) is 65.8 Å². The van der Waals surface area contributed by atoms with Gasteiger partial charge in [-0.3, -0.25) is 0 Å². The maximum Gasteiger partial charge on any atom is 0.143 e. The minimum atomic E-state index is 0.125. The predicted molar refractivity (Wildman–Crippen MR) is 114 cm³/mol. The second-order valence-electron chi connectivity index (χ2n) is 8.90. The maximum atomic E-state index is 6.77. The van der Waals surface area contributed by atoms with Crippen LogP contribution in [0.1, 0.15) is 64.3 Å². The topological polar surface area (TPSA) is 53.1 Å². The van der Waals surface area contributed by atoms with Gasteiger partial charge in [0, 0.05) is 22.8 Å². The van der Waals surface area contributed by atoms with Crippen LogP contribution in [0.5, 0.6) is 5.75 Å².